The van der Waals surface area contributed by atoms with Crippen LogP contribution >= 0.6 is 11.6 Å². The molecule has 1 fully saturated rings. The van der Waals surface area contributed by atoms with E-state index in [2.05, 4.69) is 10.2 Å². The maximum atomic E-state index is 12.1. The lowest BCUT2D eigenvalue weighted by Gasteiger charge is -2.40. The monoisotopic (exact) mass is 316 g/mol. The van der Waals surface area contributed by atoms with E-state index in [1.807, 2.05) is 24.3 Å². The number of methoxy groups -OCH3 is 1. The summed E-state index contributed by atoms with van der Waals surface area (Å²) in [5, 5.41) is 3.42. The highest BCUT2D eigenvalue weighted by Crippen LogP contribution is 2.24. The van der Waals surface area contributed by atoms with Crippen LogP contribution in [0.1, 0.15) is 10.4 Å². The molecule has 0 unspecified atom stereocenters. The summed E-state index contributed by atoms with van der Waals surface area (Å²) in [6.45, 7) is 1.81. The normalized spacial score (nSPS) is 14.5. The molecule has 1 aliphatic heterocycles. The van der Waals surface area contributed by atoms with E-state index in [0.717, 1.165) is 24.5 Å². The van der Waals surface area contributed by atoms with Crippen LogP contribution in [0.15, 0.2) is 48.5 Å². The molecule has 22 heavy (non-hydrogen) atoms. The van der Waals surface area contributed by atoms with E-state index in [0.29, 0.717) is 16.7 Å². The van der Waals surface area contributed by atoms with Gasteiger partial charge in [0.2, 0.25) is 0 Å². The second kappa shape index (κ2) is 6.38. The zero-order valence-electron chi connectivity index (χ0n) is 12.3. The van der Waals surface area contributed by atoms with E-state index in [9.17, 15) is 4.79 Å². The minimum atomic E-state index is -0.168. The number of nitrogens with zero attached hydrogens (tertiary/aromatic N) is 1. The number of carbonyl (C=O) groups is 1. The van der Waals surface area contributed by atoms with E-state index in [-0.39, 0.29) is 5.91 Å². The lowest BCUT2D eigenvalue weighted by atomic mass is 10.1. The van der Waals surface area contributed by atoms with Crippen LogP contribution in [0.3, 0.4) is 0 Å². The van der Waals surface area contributed by atoms with Crippen molar-refractivity contribution < 1.29 is 9.53 Å². The summed E-state index contributed by atoms with van der Waals surface area (Å²) < 4.78 is 5.26. The third kappa shape index (κ3) is 3.24. The quantitative estimate of drug-likeness (QED) is 0.939. The molecular formula is C17H17ClN2O2. The number of nitrogens with one attached hydrogen (secondary N) is 1. The largest absolute Gasteiger partial charge is 0.378 e. The van der Waals surface area contributed by atoms with E-state index >= 15 is 0 Å². The number of carbonyl (C=O) groups excluding carboxylic acids is 1. The number of hydrogen-bond acceptors (Lipinski definition) is 3. The van der Waals surface area contributed by atoms with Crippen LogP contribution in [-0.2, 0) is 4.74 Å². The molecule has 0 saturated carbocycles. The fourth-order valence-corrected chi connectivity index (χ4v) is 2.58. The van der Waals surface area contributed by atoms with E-state index in [1.165, 1.54) is 0 Å². The van der Waals surface area contributed by atoms with Gasteiger partial charge in [0, 0.05) is 42.2 Å². The van der Waals surface area contributed by atoms with Crippen LogP contribution in [0.2, 0.25) is 5.02 Å². The Labute approximate surface area is 134 Å². The summed E-state index contributed by atoms with van der Waals surface area (Å²) in [5.41, 5.74) is 2.44. The minimum absolute atomic E-state index is 0.168. The van der Waals surface area contributed by atoms with Gasteiger partial charge in [-0.05, 0) is 42.5 Å². The van der Waals surface area contributed by atoms with Crippen LogP contribution in [0.4, 0.5) is 11.4 Å². The Morgan fingerprint density at radius 1 is 1.23 bits per heavy atom. The Morgan fingerprint density at radius 2 is 1.95 bits per heavy atom. The van der Waals surface area contributed by atoms with Crippen LogP contribution in [0, 0.1) is 0 Å². The molecule has 0 aliphatic carbocycles. The van der Waals surface area contributed by atoms with Gasteiger partial charge in [0.25, 0.3) is 5.91 Å². The molecular weight excluding hydrogens is 300 g/mol. The number of ether oxygens (including phenoxy) is 1. The fraction of sp³-hybridized carbons (Fsp3) is 0.235. The summed E-state index contributed by atoms with van der Waals surface area (Å²) in [4.78, 5) is 14.4. The molecule has 0 radical (unpaired) electrons. The number of rotatable bonds is 4. The van der Waals surface area contributed by atoms with Gasteiger partial charge in [0.05, 0.1) is 6.10 Å². The second-order valence-corrected chi connectivity index (χ2v) is 5.71. The second-order valence-electron chi connectivity index (χ2n) is 5.27. The molecule has 5 heteroatoms. The van der Waals surface area contributed by atoms with E-state index in [1.54, 1.807) is 31.4 Å². The van der Waals surface area contributed by atoms with Gasteiger partial charge in [-0.25, -0.2) is 0 Å². The number of anilines is 2. The Balaban J connectivity index is 1.63. The lowest BCUT2D eigenvalue weighted by Crippen LogP contribution is -2.51. The standard InChI is InChI=1S/C17H17ClN2O2/c1-22-16-10-20(11-16)15-7-5-14(6-8-15)19-17(21)12-3-2-4-13(18)9-12/h2-9,16H,10-11H2,1H3,(H,19,21). The first-order valence-corrected chi connectivity index (χ1v) is 7.48. The van der Waals surface area contributed by atoms with Gasteiger partial charge in [-0.2, -0.15) is 0 Å². The molecule has 0 spiro atoms. The molecule has 1 N–H and O–H groups in total. The molecule has 1 heterocycles. The van der Waals surface area contributed by atoms with Crippen molar-refractivity contribution in [3.63, 3.8) is 0 Å². The molecule has 3 rings (SSSR count). The third-order valence-corrected chi connectivity index (χ3v) is 3.99. The van der Waals surface area contributed by atoms with Gasteiger partial charge in [-0.1, -0.05) is 17.7 Å². The van der Waals surface area contributed by atoms with E-state index in [4.69, 9.17) is 16.3 Å². The Bertz CT molecular complexity index is 667. The highest BCUT2D eigenvalue weighted by Gasteiger charge is 2.26. The molecule has 0 aromatic heterocycles. The SMILES string of the molecule is COC1CN(c2ccc(NC(=O)c3cccc(Cl)c3)cc2)C1. The lowest BCUT2D eigenvalue weighted by molar-refractivity contribution is 0.0788. The molecule has 2 aromatic rings. The van der Waals surface area contributed by atoms with Crippen molar-refractivity contribution in [1.82, 2.24) is 0 Å². The van der Waals surface area contributed by atoms with Crippen molar-refractivity contribution in [3.8, 4) is 0 Å². The average Bonchev–Trinajstić information content (AvgIpc) is 2.48. The molecule has 1 saturated heterocycles. The highest BCUT2D eigenvalue weighted by atomic mass is 35.5. The summed E-state index contributed by atoms with van der Waals surface area (Å²) in [6.07, 6.45) is 0.321. The molecule has 4 nitrogen and oxygen atoms in total. The highest BCUT2D eigenvalue weighted by molar-refractivity contribution is 6.31. The van der Waals surface area contributed by atoms with Crippen LogP contribution in [0.25, 0.3) is 0 Å². The summed E-state index contributed by atoms with van der Waals surface area (Å²) in [6, 6.07) is 14.7. The first-order chi connectivity index (χ1) is 10.7. The Morgan fingerprint density at radius 3 is 2.59 bits per heavy atom. The third-order valence-electron chi connectivity index (χ3n) is 3.76. The smallest absolute Gasteiger partial charge is 0.255 e. The summed E-state index contributed by atoms with van der Waals surface area (Å²) in [7, 11) is 1.73. The van der Waals surface area contributed by atoms with Crippen LogP contribution in [0.5, 0.6) is 0 Å². The number of benzene rings is 2. The molecule has 114 valence electrons. The number of halogens is 1. The summed E-state index contributed by atoms with van der Waals surface area (Å²) in [5.74, 6) is -0.168. The zero-order chi connectivity index (χ0) is 15.5. The molecule has 0 atom stereocenters. The first-order valence-electron chi connectivity index (χ1n) is 7.10. The Hall–Kier alpha value is -2.04. The number of amides is 1. The van der Waals surface area contributed by atoms with Gasteiger partial charge in [0.1, 0.15) is 0 Å². The summed E-state index contributed by atoms with van der Waals surface area (Å²) >= 11 is 5.90. The van der Waals surface area contributed by atoms with Gasteiger partial charge >= 0.3 is 0 Å². The molecule has 0 bridgehead atoms. The Kier molecular flexibility index (Phi) is 4.32. The van der Waals surface area contributed by atoms with Crippen molar-refractivity contribution in [2.75, 3.05) is 30.4 Å². The predicted molar refractivity (Wildman–Crippen MR) is 88.9 cm³/mol. The van der Waals surface area contributed by atoms with Gasteiger partial charge in [-0.3, -0.25) is 4.79 Å². The first kappa shape index (κ1) is 14.9. The van der Waals surface area contributed by atoms with Crippen molar-refractivity contribution in [2.24, 2.45) is 0 Å². The van der Waals surface area contributed by atoms with Crippen LogP contribution < -0.4 is 10.2 Å². The molecule has 2 aromatic carbocycles. The fourth-order valence-electron chi connectivity index (χ4n) is 2.39. The average molecular weight is 317 g/mol. The van der Waals surface area contributed by atoms with Crippen molar-refractivity contribution in [1.29, 1.82) is 0 Å². The predicted octanol–water partition coefficient (Wildman–Crippen LogP) is 3.43. The number of hydrogen-bond donors (Lipinski definition) is 1. The van der Waals surface area contributed by atoms with Gasteiger partial charge < -0.3 is 15.0 Å². The van der Waals surface area contributed by atoms with Gasteiger partial charge in [0.15, 0.2) is 0 Å². The maximum absolute atomic E-state index is 12.1. The minimum Gasteiger partial charge on any atom is -0.378 e. The van der Waals surface area contributed by atoms with E-state index < -0.39 is 0 Å². The van der Waals surface area contributed by atoms with Crippen molar-refractivity contribution in [2.45, 2.75) is 6.10 Å². The zero-order valence-corrected chi connectivity index (χ0v) is 13.0. The molecule has 1 amide bonds. The van der Waals surface area contributed by atoms with Gasteiger partial charge in [-0.15, -0.1) is 0 Å². The maximum Gasteiger partial charge on any atom is 0.255 e. The topological polar surface area (TPSA) is 41.6 Å². The van der Waals surface area contributed by atoms with Crippen molar-refractivity contribution >= 4 is 28.9 Å². The van der Waals surface area contributed by atoms with Crippen LogP contribution in [-0.4, -0.2) is 32.2 Å². The van der Waals surface area contributed by atoms with Crippen molar-refractivity contribution in [3.05, 3.63) is 59.1 Å². The molecule has 1 aliphatic rings.